The van der Waals surface area contributed by atoms with E-state index in [4.69, 9.17) is 5.11 Å². The average Bonchev–Trinajstić information content (AvgIpc) is 2.47. The fraction of sp³-hybridized carbons (Fsp3) is 0.0714. The van der Waals surface area contributed by atoms with Crippen LogP contribution in [0.15, 0.2) is 42.6 Å². The minimum atomic E-state index is -1.24. The minimum Gasteiger partial charge on any atom is -0.476 e. The second-order valence-corrected chi connectivity index (χ2v) is 4.17. The lowest BCUT2D eigenvalue weighted by Crippen LogP contribution is -2.31. The van der Waals surface area contributed by atoms with E-state index in [1.165, 1.54) is 54.5 Å². The molecule has 0 aliphatic rings. The Bertz CT molecular complexity index is 673. The second-order valence-electron chi connectivity index (χ2n) is 4.17. The number of carboxylic acid groups (broad SMARTS) is 1. The molecule has 0 spiro atoms. The number of rotatable bonds is 3. The van der Waals surface area contributed by atoms with Crippen LogP contribution in [0.3, 0.4) is 0 Å². The third-order valence-electron chi connectivity index (χ3n) is 2.77. The van der Waals surface area contributed by atoms with Gasteiger partial charge in [0.05, 0.1) is 5.69 Å². The van der Waals surface area contributed by atoms with Gasteiger partial charge in [-0.25, -0.2) is 19.0 Å². The van der Waals surface area contributed by atoms with Crippen LogP contribution in [0.5, 0.6) is 0 Å². The normalized spacial score (nSPS) is 10.0. The van der Waals surface area contributed by atoms with Gasteiger partial charge in [-0.05, 0) is 36.4 Å². The highest BCUT2D eigenvalue weighted by atomic mass is 19.1. The number of hydrogen-bond donors (Lipinski definition) is 2. The van der Waals surface area contributed by atoms with E-state index in [2.05, 4.69) is 10.3 Å². The van der Waals surface area contributed by atoms with Gasteiger partial charge in [0.1, 0.15) is 5.82 Å². The maximum absolute atomic E-state index is 12.8. The molecule has 108 valence electrons. The third kappa shape index (κ3) is 3.33. The van der Waals surface area contributed by atoms with Crippen molar-refractivity contribution in [3.05, 3.63) is 54.1 Å². The molecule has 0 aliphatic heterocycles. The maximum atomic E-state index is 12.8. The van der Waals surface area contributed by atoms with Crippen LogP contribution in [0.1, 0.15) is 10.5 Å². The van der Waals surface area contributed by atoms with Gasteiger partial charge in [-0.1, -0.05) is 0 Å². The number of aromatic carboxylic acids is 1. The van der Waals surface area contributed by atoms with Crippen LogP contribution in [0.2, 0.25) is 0 Å². The van der Waals surface area contributed by atoms with Gasteiger partial charge in [-0.2, -0.15) is 0 Å². The van der Waals surface area contributed by atoms with Gasteiger partial charge < -0.3 is 10.4 Å². The van der Waals surface area contributed by atoms with Crippen molar-refractivity contribution < 1.29 is 19.1 Å². The number of nitrogens with zero attached hydrogens (tertiary/aromatic N) is 2. The lowest BCUT2D eigenvalue weighted by atomic mass is 10.3. The molecule has 1 aromatic heterocycles. The quantitative estimate of drug-likeness (QED) is 0.909. The molecule has 1 aromatic carbocycles. The largest absolute Gasteiger partial charge is 0.476 e. The lowest BCUT2D eigenvalue weighted by Gasteiger charge is -2.18. The highest BCUT2D eigenvalue weighted by Gasteiger charge is 2.16. The predicted octanol–water partition coefficient (Wildman–Crippen LogP) is 2.59. The molecule has 0 bridgehead atoms. The SMILES string of the molecule is CN(C(=O)Nc1cccnc1C(=O)O)c1ccc(F)cc1. The Morgan fingerprint density at radius 2 is 1.90 bits per heavy atom. The number of carbonyl (C=O) groups is 2. The monoisotopic (exact) mass is 289 g/mol. The molecule has 7 heteroatoms. The molecule has 0 saturated heterocycles. The first-order valence-electron chi connectivity index (χ1n) is 5.97. The van der Waals surface area contributed by atoms with Crippen molar-refractivity contribution in [3.63, 3.8) is 0 Å². The van der Waals surface area contributed by atoms with Gasteiger partial charge in [0.2, 0.25) is 0 Å². The number of nitrogens with one attached hydrogen (secondary N) is 1. The molecule has 0 aliphatic carbocycles. The minimum absolute atomic E-state index is 0.0870. The van der Waals surface area contributed by atoms with Crippen LogP contribution in [0.25, 0.3) is 0 Å². The van der Waals surface area contributed by atoms with Crippen molar-refractivity contribution in [1.29, 1.82) is 0 Å². The van der Waals surface area contributed by atoms with Crippen LogP contribution in [0.4, 0.5) is 20.6 Å². The number of carbonyl (C=O) groups excluding carboxylic acids is 1. The number of urea groups is 1. The van der Waals surface area contributed by atoms with Crippen LogP contribution in [0, 0.1) is 5.82 Å². The van der Waals surface area contributed by atoms with E-state index in [-0.39, 0.29) is 11.4 Å². The van der Waals surface area contributed by atoms with Crippen molar-refractivity contribution in [2.45, 2.75) is 0 Å². The number of pyridine rings is 1. The van der Waals surface area contributed by atoms with Crippen LogP contribution in [-0.4, -0.2) is 29.1 Å². The summed E-state index contributed by atoms with van der Waals surface area (Å²) in [5, 5.41) is 11.5. The summed E-state index contributed by atoms with van der Waals surface area (Å²) in [6.07, 6.45) is 1.32. The third-order valence-corrected chi connectivity index (χ3v) is 2.77. The van der Waals surface area contributed by atoms with Crippen molar-refractivity contribution in [2.75, 3.05) is 17.3 Å². The van der Waals surface area contributed by atoms with Crippen LogP contribution >= 0.6 is 0 Å². The van der Waals surface area contributed by atoms with E-state index in [1.807, 2.05) is 0 Å². The van der Waals surface area contributed by atoms with Crippen molar-refractivity contribution in [1.82, 2.24) is 4.98 Å². The van der Waals surface area contributed by atoms with Gasteiger partial charge in [-0.15, -0.1) is 0 Å². The van der Waals surface area contributed by atoms with Crippen molar-refractivity contribution >= 4 is 23.4 Å². The van der Waals surface area contributed by atoms with Gasteiger partial charge >= 0.3 is 12.0 Å². The number of benzene rings is 1. The summed E-state index contributed by atoms with van der Waals surface area (Å²) >= 11 is 0. The Morgan fingerprint density at radius 3 is 2.52 bits per heavy atom. The molecule has 21 heavy (non-hydrogen) atoms. The van der Waals surface area contributed by atoms with Crippen LogP contribution < -0.4 is 10.2 Å². The molecule has 0 unspecified atom stereocenters. The molecule has 1 heterocycles. The Kier molecular flexibility index (Phi) is 4.13. The molecule has 0 atom stereocenters. The Labute approximate surface area is 119 Å². The molecular formula is C14H12FN3O3. The van der Waals surface area contributed by atoms with E-state index in [9.17, 15) is 14.0 Å². The Morgan fingerprint density at radius 1 is 1.24 bits per heavy atom. The molecule has 2 rings (SSSR count). The first-order valence-corrected chi connectivity index (χ1v) is 5.97. The zero-order chi connectivity index (χ0) is 15.4. The lowest BCUT2D eigenvalue weighted by molar-refractivity contribution is 0.0691. The summed E-state index contributed by atoms with van der Waals surface area (Å²) in [4.78, 5) is 28.0. The van der Waals surface area contributed by atoms with E-state index < -0.39 is 17.8 Å². The molecule has 0 saturated carbocycles. The van der Waals surface area contributed by atoms with E-state index >= 15 is 0 Å². The molecule has 0 fully saturated rings. The average molecular weight is 289 g/mol. The highest BCUT2D eigenvalue weighted by Crippen LogP contribution is 2.17. The number of hydrogen-bond acceptors (Lipinski definition) is 3. The predicted molar refractivity (Wildman–Crippen MR) is 75.0 cm³/mol. The summed E-state index contributed by atoms with van der Waals surface area (Å²) in [7, 11) is 1.49. The number of halogens is 1. The van der Waals surface area contributed by atoms with Crippen molar-refractivity contribution in [2.24, 2.45) is 0 Å². The fourth-order valence-electron chi connectivity index (χ4n) is 1.66. The smallest absolute Gasteiger partial charge is 0.356 e. The standard InChI is InChI=1S/C14H12FN3O3/c1-18(10-6-4-9(15)5-7-10)14(21)17-11-3-2-8-16-12(11)13(19)20/h2-8H,1H3,(H,17,21)(H,19,20). The summed E-state index contributed by atoms with van der Waals surface area (Å²) in [5.41, 5.74) is 0.303. The molecule has 2 aromatic rings. The second kappa shape index (κ2) is 6.00. The van der Waals surface area contributed by atoms with Crippen molar-refractivity contribution in [3.8, 4) is 0 Å². The Hall–Kier alpha value is -2.96. The number of aromatic nitrogens is 1. The van der Waals surface area contributed by atoms with E-state index in [0.29, 0.717) is 5.69 Å². The number of carboxylic acids is 1. The highest BCUT2D eigenvalue weighted by molar-refractivity contribution is 6.04. The molecule has 6 nitrogen and oxygen atoms in total. The summed E-state index contributed by atoms with van der Waals surface area (Å²) in [5.74, 6) is -1.65. The van der Waals surface area contributed by atoms with Gasteiger partial charge in [0.25, 0.3) is 0 Å². The molecular weight excluding hydrogens is 277 g/mol. The topological polar surface area (TPSA) is 82.5 Å². The zero-order valence-corrected chi connectivity index (χ0v) is 11.1. The first kappa shape index (κ1) is 14.4. The molecule has 2 N–H and O–H groups in total. The number of amides is 2. The molecule has 0 radical (unpaired) electrons. The maximum Gasteiger partial charge on any atom is 0.356 e. The fourth-order valence-corrected chi connectivity index (χ4v) is 1.66. The number of anilines is 2. The summed E-state index contributed by atoms with van der Waals surface area (Å²) < 4.78 is 12.8. The van der Waals surface area contributed by atoms with Gasteiger partial charge in [-0.3, -0.25) is 4.90 Å². The van der Waals surface area contributed by atoms with E-state index in [0.717, 1.165) is 0 Å². The first-order chi connectivity index (χ1) is 9.99. The zero-order valence-electron chi connectivity index (χ0n) is 11.1. The Balaban J connectivity index is 2.18. The summed E-state index contributed by atoms with van der Waals surface area (Å²) in [6, 6.07) is 7.73. The van der Waals surface area contributed by atoms with Gasteiger partial charge in [0, 0.05) is 18.9 Å². The molecule has 2 amide bonds. The van der Waals surface area contributed by atoms with Gasteiger partial charge in [0.15, 0.2) is 5.69 Å². The van der Waals surface area contributed by atoms with E-state index in [1.54, 1.807) is 0 Å². The van der Waals surface area contributed by atoms with Crippen LogP contribution in [-0.2, 0) is 0 Å². The summed E-state index contributed by atoms with van der Waals surface area (Å²) in [6.45, 7) is 0.